The van der Waals surface area contributed by atoms with Crippen molar-refractivity contribution < 1.29 is 0 Å². The Hall–Kier alpha value is -4.38. The number of hydrogen-bond acceptors (Lipinski definition) is 3. The van der Waals surface area contributed by atoms with Gasteiger partial charge in [-0.05, 0) is 89.3 Å². The first kappa shape index (κ1) is 27.0. The fraction of sp³-hybridized carbons (Fsp3) is 0. The Balaban J connectivity index is 1.33. The van der Waals surface area contributed by atoms with E-state index in [1.54, 1.807) is 6.07 Å². The van der Waals surface area contributed by atoms with Gasteiger partial charge in [0, 0.05) is 67.2 Å². The van der Waals surface area contributed by atoms with Gasteiger partial charge in [0.2, 0.25) is 0 Å². The first-order chi connectivity index (χ1) is 22.1. The molecule has 2 aromatic heterocycles. The molecule has 0 unspecified atom stereocenters. The maximum atomic E-state index is 6.46. The summed E-state index contributed by atoms with van der Waals surface area (Å²) in [7, 11) is 0. The predicted molar refractivity (Wildman–Crippen MR) is 200 cm³/mol. The Kier molecular flexibility index (Phi) is 6.36. The number of halogens is 2. The second-order valence-electron chi connectivity index (χ2n) is 11.2. The number of rotatable bonds is 4. The molecule has 5 heteroatoms. The summed E-state index contributed by atoms with van der Waals surface area (Å²) < 4.78 is 5.18. The average Bonchev–Trinajstić information content (AvgIpc) is 3.62. The lowest BCUT2D eigenvalue weighted by atomic mass is 9.96. The molecule has 2 heterocycles. The zero-order chi connectivity index (χ0) is 30.1. The summed E-state index contributed by atoms with van der Waals surface area (Å²) >= 11 is 16.6. The van der Waals surface area contributed by atoms with Crippen LogP contribution in [0.2, 0.25) is 10.0 Å². The van der Waals surface area contributed by atoms with Crippen LogP contribution in [0.25, 0.3) is 62.2 Å². The Morgan fingerprint density at radius 1 is 0.400 bits per heavy atom. The molecule has 45 heavy (non-hydrogen) atoms. The molecule has 0 saturated heterocycles. The highest BCUT2D eigenvalue weighted by Gasteiger charge is 2.20. The van der Waals surface area contributed by atoms with E-state index in [1.807, 2.05) is 34.8 Å². The van der Waals surface area contributed by atoms with Crippen molar-refractivity contribution in [3.63, 3.8) is 0 Å². The maximum Gasteiger partial charge on any atom is 0.0540 e. The van der Waals surface area contributed by atoms with Crippen LogP contribution in [0.3, 0.4) is 0 Å². The Morgan fingerprint density at radius 3 is 1.47 bits per heavy atom. The molecule has 0 radical (unpaired) electrons. The van der Waals surface area contributed by atoms with E-state index in [4.69, 9.17) is 23.2 Å². The number of hydrogen-bond donors (Lipinski definition) is 0. The van der Waals surface area contributed by atoms with Gasteiger partial charge in [0.05, 0.1) is 5.69 Å². The third-order valence-corrected chi connectivity index (χ3v) is 11.3. The summed E-state index contributed by atoms with van der Waals surface area (Å²) in [5.74, 6) is 0. The van der Waals surface area contributed by atoms with Crippen molar-refractivity contribution in [3.8, 4) is 11.1 Å². The van der Waals surface area contributed by atoms with Crippen LogP contribution in [0, 0.1) is 0 Å². The summed E-state index contributed by atoms with van der Waals surface area (Å²) in [6.45, 7) is 0. The van der Waals surface area contributed by atoms with Crippen LogP contribution in [-0.2, 0) is 0 Å². The summed E-state index contributed by atoms with van der Waals surface area (Å²) in [5, 5.41) is 8.66. The van der Waals surface area contributed by atoms with Crippen molar-refractivity contribution in [2.45, 2.75) is 0 Å². The molecule has 9 rings (SSSR count). The van der Waals surface area contributed by atoms with E-state index in [0.717, 1.165) is 39.0 Å². The molecule has 0 aliphatic heterocycles. The lowest BCUT2D eigenvalue weighted by molar-refractivity contribution is 1.31. The van der Waals surface area contributed by atoms with Crippen molar-refractivity contribution in [3.05, 3.63) is 150 Å². The topological polar surface area (TPSA) is 3.24 Å². The van der Waals surface area contributed by atoms with E-state index in [2.05, 4.69) is 126 Å². The molecule has 0 bridgehead atoms. The van der Waals surface area contributed by atoms with Crippen LogP contribution in [0.1, 0.15) is 0 Å². The van der Waals surface area contributed by atoms with Crippen LogP contribution in [0.15, 0.2) is 140 Å². The van der Waals surface area contributed by atoms with Gasteiger partial charge in [-0.15, -0.1) is 22.7 Å². The Bertz CT molecular complexity index is 2460. The van der Waals surface area contributed by atoms with Gasteiger partial charge in [0.15, 0.2) is 0 Å². The minimum absolute atomic E-state index is 0.625. The third kappa shape index (κ3) is 4.50. The van der Waals surface area contributed by atoms with Gasteiger partial charge in [-0.2, -0.15) is 0 Å². The molecule has 9 aromatic rings. The number of anilines is 3. The zero-order valence-corrected chi connectivity index (χ0v) is 26.9. The van der Waals surface area contributed by atoms with Crippen LogP contribution in [-0.4, -0.2) is 0 Å². The fourth-order valence-electron chi connectivity index (χ4n) is 6.57. The molecule has 0 amide bonds. The summed E-state index contributed by atoms with van der Waals surface area (Å²) in [4.78, 5) is 2.41. The molecule has 0 aliphatic carbocycles. The zero-order valence-electron chi connectivity index (χ0n) is 23.8. The lowest BCUT2D eigenvalue weighted by Crippen LogP contribution is -2.10. The average molecular weight is 653 g/mol. The quantitative estimate of drug-likeness (QED) is 0.183. The van der Waals surface area contributed by atoms with Crippen molar-refractivity contribution in [1.82, 2.24) is 0 Å². The van der Waals surface area contributed by atoms with Crippen molar-refractivity contribution >= 4 is 114 Å². The monoisotopic (exact) mass is 651 g/mol. The number of nitrogens with zero attached hydrogens (tertiary/aromatic N) is 1. The van der Waals surface area contributed by atoms with Gasteiger partial charge in [-0.3, -0.25) is 0 Å². The summed E-state index contributed by atoms with van der Waals surface area (Å²) in [5.41, 5.74) is 5.44. The molecule has 0 fully saturated rings. The van der Waals surface area contributed by atoms with E-state index < -0.39 is 0 Å². The van der Waals surface area contributed by atoms with Gasteiger partial charge in [0.25, 0.3) is 0 Å². The highest BCUT2D eigenvalue weighted by atomic mass is 35.5. The molecule has 0 atom stereocenters. The molecular weight excluding hydrogens is 629 g/mol. The minimum atomic E-state index is 0.625. The Labute approximate surface area is 278 Å². The molecule has 0 aliphatic rings. The van der Waals surface area contributed by atoms with Gasteiger partial charge in [0.1, 0.15) is 0 Å². The van der Waals surface area contributed by atoms with Crippen LogP contribution >= 0.6 is 45.9 Å². The van der Waals surface area contributed by atoms with Gasteiger partial charge >= 0.3 is 0 Å². The maximum absolute atomic E-state index is 6.46. The van der Waals surface area contributed by atoms with Crippen molar-refractivity contribution in [1.29, 1.82) is 0 Å². The first-order valence-corrected chi connectivity index (χ1v) is 17.1. The third-order valence-electron chi connectivity index (χ3n) is 8.55. The second kappa shape index (κ2) is 10.6. The standard InChI is InChI=1S/C40H23Cl2NS2/c41-25-19-24(20-26(42)21-25)29-15-16-36(31-8-2-1-7-30(29)31)43(27-13-17-39-34(22-27)32-9-3-5-11-37(32)44-39)28-14-18-40-35(23-28)33-10-4-6-12-38(33)45-40/h1-23H. The number of thiophene rings is 2. The minimum Gasteiger partial charge on any atom is -0.310 e. The molecule has 0 spiro atoms. The first-order valence-electron chi connectivity index (χ1n) is 14.7. The van der Waals surface area contributed by atoms with E-state index in [1.165, 1.54) is 40.3 Å². The molecule has 0 saturated carbocycles. The Morgan fingerprint density at radius 2 is 0.889 bits per heavy atom. The second-order valence-corrected chi connectivity index (χ2v) is 14.3. The highest BCUT2D eigenvalue weighted by molar-refractivity contribution is 7.26. The lowest BCUT2D eigenvalue weighted by Gasteiger charge is -2.28. The largest absolute Gasteiger partial charge is 0.310 e. The number of benzene rings is 7. The van der Waals surface area contributed by atoms with Gasteiger partial charge in [-0.1, -0.05) is 89.9 Å². The van der Waals surface area contributed by atoms with Crippen LogP contribution < -0.4 is 4.90 Å². The van der Waals surface area contributed by atoms with E-state index in [0.29, 0.717) is 10.0 Å². The molecule has 1 nitrogen and oxygen atoms in total. The van der Waals surface area contributed by atoms with Gasteiger partial charge < -0.3 is 4.90 Å². The van der Waals surface area contributed by atoms with E-state index >= 15 is 0 Å². The normalized spacial score (nSPS) is 11.8. The predicted octanol–water partition coefficient (Wildman–Crippen LogP) is 14.0. The van der Waals surface area contributed by atoms with Crippen molar-refractivity contribution in [2.24, 2.45) is 0 Å². The van der Waals surface area contributed by atoms with Crippen LogP contribution in [0.4, 0.5) is 17.1 Å². The van der Waals surface area contributed by atoms with E-state index in [9.17, 15) is 0 Å². The smallest absolute Gasteiger partial charge is 0.0540 e. The molecule has 214 valence electrons. The molecule has 7 aromatic carbocycles. The fourth-order valence-corrected chi connectivity index (χ4v) is 9.27. The highest BCUT2D eigenvalue weighted by Crippen LogP contribution is 2.46. The molecular formula is C40H23Cl2NS2. The van der Waals surface area contributed by atoms with Crippen LogP contribution in [0.5, 0.6) is 0 Å². The SMILES string of the molecule is Clc1cc(Cl)cc(-c2ccc(N(c3ccc4sc5ccccc5c4c3)c3ccc4sc5ccccc5c4c3)c3ccccc23)c1. The van der Waals surface area contributed by atoms with Crippen molar-refractivity contribution in [2.75, 3.05) is 4.90 Å². The molecule has 0 N–H and O–H groups in total. The summed E-state index contributed by atoms with van der Waals surface area (Å²) in [6, 6.07) is 49.9. The number of fused-ring (bicyclic) bond motifs is 7. The summed E-state index contributed by atoms with van der Waals surface area (Å²) in [6.07, 6.45) is 0. The van der Waals surface area contributed by atoms with Gasteiger partial charge in [-0.25, -0.2) is 0 Å². The van der Waals surface area contributed by atoms with E-state index in [-0.39, 0.29) is 0 Å².